The van der Waals surface area contributed by atoms with Gasteiger partial charge in [0, 0.05) is 19.1 Å². The monoisotopic (exact) mass is 391 g/mol. The Morgan fingerprint density at radius 2 is 1.85 bits per heavy atom. The van der Waals surface area contributed by atoms with Crippen LogP contribution in [-0.2, 0) is 23.1 Å². The number of nitrogens with one attached hydrogen (secondary N) is 2. The first-order valence-corrected chi connectivity index (χ1v) is 10.2. The van der Waals surface area contributed by atoms with Crippen molar-refractivity contribution >= 4 is 16.1 Å². The lowest BCUT2D eigenvalue weighted by atomic mass is 10.2. The summed E-state index contributed by atoms with van der Waals surface area (Å²) in [6.07, 6.45) is 1.90. The molecule has 0 atom stereocenters. The molecule has 3 rings (SSSR count). The Kier molecular flexibility index (Phi) is 5.76. The van der Waals surface area contributed by atoms with Crippen molar-refractivity contribution < 1.29 is 17.6 Å². The van der Waals surface area contributed by atoms with Gasteiger partial charge in [-0.1, -0.05) is 24.3 Å². The summed E-state index contributed by atoms with van der Waals surface area (Å²) >= 11 is 0. The topological polar surface area (TPSA) is 78.5 Å². The number of halogens is 1. The van der Waals surface area contributed by atoms with Gasteiger partial charge in [0.2, 0.25) is 10.0 Å². The van der Waals surface area contributed by atoms with Crippen LogP contribution in [0.15, 0.2) is 53.4 Å². The summed E-state index contributed by atoms with van der Waals surface area (Å²) in [6, 6.07) is 12.5. The Bertz CT molecular complexity index is 912. The Morgan fingerprint density at radius 1 is 1.15 bits per heavy atom. The molecule has 144 valence electrons. The maximum absolute atomic E-state index is 13.1. The lowest BCUT2D eigenvalue weighted by Crippen LogP contribution is -2.40. The van der Waals surface area contributed by atoms with Gasteiger partial charge in [0.1, 0.15) is 5.82 Å². The second-order valence-corrected chi connectivity index (χ2v) is 8.39. The van der Waals surface area contributed by atoms with Crippen molar-refractivity contribution in [1.82, 2.24) is 14.9 Å². The van der Waals surface area contributed by atoms with Crippen LogP contribution in [0.25, 0.3) is 0 Å². The molecule has 0 bridgehead atoms. The number of hydrogen-bond donors (Lipinski definition) is 2. The van der Waals surface area contributed by atoms with E-state index in [4.69, 9.17) is 0 Å². The van der Waals surface area contributed by atoms with Crippen LogP contribution < -0.4 is 10.0 Å². The highest BCUT2D eigenvalue weighted by atomic mass is 32.2. The van der Waals surface area contributed by atoms with Gasteiger partial charge in [0.25, 0.3) is 0 Å². The Balaban J connectivity index is 1.65. The fourth-order valence-electron chi connectivity index (χ4n) is 2.76. The predicted molar refractivity (Wildman–Crippen MR) is 99.9 cm³/mol. The Labute approximate surface area is 158 Å². The third-order valence-corrected chi connectivity index (χ3v) is 5.85. The minimum absolute atomic E-state index is 0.155. The van der Waals surface area contributed by atoms with Gasteiger partial charge in [-0.3, -0.25) is 0 Å². The summed E-state index contributed by atoms with van der Waals surface area (Å²) in [5.41, 5.74) is 1.55. The number of urea groups is 1. The van der Waals surface area contributed by atoms with Crippen LogP contribution in [0.3, 0.4) is 0 Å². The largest absolute Gasteiger partial charge is 0.334 e. The highest BCUT2D eigenvalue weighted by Gasteiger charge is 2.32. The molecule has 0 aromatic heterocycles. The van der Waals surface area contributed by atoms with Crippen LogP contribution in [-0.4, -0.2) is 32.4 Å². The Morgan fingerprint density at radius 3 is 2.48 bits per heavy atom. The SMILES string of the molecule is CNS(=O)(=O)c1cccc(CNC(=O)N(Cc2ccc(F)cc2)C2CC2)c1. The van der Waals surface area contributed by atoms with E-state index >= 15 is 0 Å². The maximum atomic E-state index is 13.1. The molecule has 27 heavy (non-hydrogen) atoms. The quantitative estimate of drug-likeness (QED) is 0.762. The van der Waals surface area contributed by atoms with E-state index in [9.17, 15) is 17.6 Å². The molecule has 0 unspecified atom stereocenters. The average molecular weight is 391 g/mol. The molecular formula is C19H22FN3O3S. The number of carbonyl (C=O) groups excluding carboxylic acids is 1. The molecule has 1 fully saturated rings. The van der Waals surface area contributed by atoms with Crippen molar-refractivity contribution in [3.05, 3.63) is 65.5 Å². The van der Waals surface area contributed by atoms with Crippen molar-refractivity contribution in [2.24, 2.45) is 0 Å². The van der Waals surface area contributed by atoms with Crippen molar-refractivity contribution in [1.29, 1.82) is 0 Å². The van der Waals surface area contributed by atoms with E-state index in [1.807, 2.05) is 0 Å². The smallest absolute Gasteiger partial charge is 0.318 e. The zero-order chi connectivity index (χ0) is 19.4. The first-order chi connectivity index (χ1) is 12.9. The maximum Gasteiger partial charge on any atom is 0.318 e. The van der Waals surface area contributed by atoms with E-state index in [1.165, 1.54) is 31.3 Å². The van der Waals surface area contributed by atoms with Gasteiger partial charge < -0.3 is 10.2 Å². The van der Waals surface area contributed by atoms with Gasteiger partial charge in [-0.15, -0.1) is 0 Å². The molecule has 0 aliphatic heterocycles. The number of nitrogens with zero attached hydrogens (tertiary/aromatic N) is 1. The molecular weight excluding hydrogens is 369 g/mol. The van der Waals surface area contributed by atoms with E-state index in [0.29, 0.717) is 12.1 Å². The summed E-state index contributed by atoms with van der Waals surface area (Å²) in [5, 5.41) is 2.85. The molecule has 0 saturated heterocycles. The normalized spacial score (nSPS) is 14.0. The van der Waals surface area contributed by atoms with Gasteiger partial charge in [-0.05, 0) is 55.3 Å². The first-order valence-electron chi connectivity index (χ1n) is 8.70. The molecule has 2 N–H and O–H groups in total. The predicted octanol–water partition coefficient (Wildman–Crippen LogP) is 2.61. The number of carbonyl (C=O) groups is 1. The highest BCUT2D eigenvalue weighted by Crippen LogP contribution is 2.28. The fraction of sp³-hybridized carbons (Fsp3) is 0.316. The molecule has 1 saturated carbocycles. The standard InChI is InChI=1S/C19H22FN3O3S/c1-21-27(25,26)18-4-2-3-15(11-18)12-22-19(24)23(17-9-10-17)13-14-5-7-16(20)8-6-14/h2-8,11,17,21H,9-10,12-13H2,1H3,(H,22,24). The Hall–Kier alpha value is -2.45. The molecule has 2 aromatic carbocycles. The molecule has 6 nitrogen and oxygen atoms in total. The van der Waals surface area contributed by atoms with Gasteiger partial charge in [-0.25, -0.2) is 22.3 Å². The minimum Gasteiger partial charge on any atom is -0.334 e. The molecule has 0 heterocycles. The van der Waals surface area contributed by atoms with Crippen LogP contribution in [0.2, 0.25) is 0 Å². The van der Waals surface area contributed by atoms with Crippen LogP contribution in [0.4, 0.5) is 9.18 Å². The fourth-order valence-corrected chi connectivity index (χ4v) is 3.56. The zero-order valence-corrected chi connectivity index (χ0v) is 15.8. The summed E-state index contributed by atoms with van der Waals surface area (Å²) in [6.45, 7) is 0.628. The third kappa shape index (κ3) is 5.05. The van der Waals surface area contributed by atoms with Gasteiger partial charge in [0.05, 0.1) is 4.90 Å². The summed E-state index contributed by atoms with van der Waals surface area (Å²) in [5.74, 6) is -0.308. The van der Waals surface area contributed by atoms with E-state index < -0.39 is 10.0 Å². The number of hydrogen-bond acceptors (Lipinski definition) is 3. The van der Waals surface area contributed by atoms with E-state index in [2.05, 4.69) is 10.0 Å². The van der Waals surface area contributed by atoms with E-state index in [0.717, 1.165) is 18.4 Å². The van der Waals surface area contributed by atoms with Gasteiger partial charge in [-0.2, -0.15) is 0 Å². The average Bonchev–Trinajstić information content (AvgIpc) is 3.51. The van der Waals surface area contributed by atoms with Crippen LogP contribution >= 0.6 is 0 Å². The molecule has 8 heteroatoms. The van der Waals surface area contributed by atoms with Gasteiger partial charge >= 0.3 is 6.03 Å². The van der Waals surface area contributed by atoms with Crippen molar-refractivity contribution in [3.8, 4) is 0 Å². The van der Waals surface area contributed by atoms with Crippen molar-refractivity contribution in [3.63, 3.8) is 0 Å². The third-order valence-electron chi connectivity index (χ3n) is 4.44. The molecule has 0 spiro atoms. The van der Waals surface area contributed by atoms with Crippen LogP contribution in [0.5, 0.6) is 0 Å². The van der Waals surface area contributed by atoms with Crippen molar-refractivity contribution in [2.45, 2.75) is 36.9 Å². The second kappa shape index (κ2) is 8.06. The molecule has 1 aliphatic rings. The highest BCUT2D eigenvalue weighted by molar-refractivity contribution is 7.89. The number of benzene rings is 2. The van der Waals surface area contributed by atoms with Crippen LogP contribution in [0.1, 0.15) is 24.0 Å². The lowest BCUT2D eigenvalue weighted by molar-refractivity contribution is 0.191. The first kappa shape index (κ1) is 19.3. The number of amides is 2. The molecule has 1 aliphatic carbocycles. The number of sulfonamides is 1. The van der Waals surface area contributed by atoms with Gasteiger partial charge in [0.15, 0.2) is 0 Å². The van der Waals surface area contributed by atoms with Crippen molar-refractivity contribution in [2.75, 3.05) is 7.05 Å². The van der Waals surface area contributed by atoms with E-state index in [1.54, 1.807) is 29.2 Å². The van der Waals surface area contributed by atoms with E-state index in [-0.39, 0.29) is 29.3 Å². The summed E-state index contributed by atoms with van der Waals surface area (Å²) in [4.78, 5) is 14.5. The summed E-state index contributed by atoms with van der Waals surface area (Å²) in [7, 11) is -2.17. The molecule has 2 aromatic rings. The van der Waals surface area contributed by atoms with Crippen LogP contribution in [0, 0.1) is 5.82 Å². The second-order valence-electron chi connectivity index (χ2n) is 6.50. The number of rotatable bonds is 7. The molecule has 2 amide bonds. The summed E-state index contributed by atoms with van der Waals surface area (Å²) < 4.78 is 39.1. The molecule has 0 radical (unpaired) electrons. The lowest BCUT2D eigenvalue weighted by Gasteiger charge is -2.23. The minimum atomic E-state index is -3.53. The zero-order valence-electron chi connectivity index (χ0n) is 15.0.